The molecule has 4 heteroatoms. The Labute approximate surface area is 115 Å². The second kappa shape index (κ2) is 5.14. The number of hydrogen-bond donors (Lipinski definition) is 2. The van der Waals surface area contributed by atoms with Crippen molar-refractivity contribution in [3.05, 3.63) is 0 Å². The number of carboxylic acid groups (broad SMARTS) is 1. The van der Waals surface area contributed by atoms with Gasteiger partial charge in [0, 0.05) is 13.0 Å². The number of hydrogen-bond acceptors (Lipinski definition) is 2. The predicted octanol–water partition coefficient (Wildman–Crippen LogP) is 2.57. The smallest absolute Gasteiger partial charge is 0.310 e. The van der Waals surface area contributed by atoms with E-state index in [9.17, 15) is 14.7 Å². The van der Waals surface area contributed by atoms with Gasteiger partial charge in [0.25, 0.3) is 0 Å². The highest BCUT2D eigenvalue weighted by atomic mass is 16.4. The van der Waals surface area contributed by atoms with Gasteiger partial charge in [-0.1, -0.05) is 33.1 Å². The Kier molecular flexibility index (Phi) is 3.88. The fourth-order valence-corrected chi connectivity index (χ4v) is 3.23. The van der Waals surface area contributed by atoms with Gasteiger partial charge in [0.1, 0.15) is 0 Å². The molecule has 0 aromatic heterocycles. The Hall–Kier alpha value is -1.06. The highest BCUT2D eigenvalue weighted by molar-refractivity contribution is 5.85. The molecule has 2 aliphatic rings. The van der Waals surface area contributed by atoms with Crippen LogP contribution in [0.2, 0.25) is 0 Å². The van der Waals surface area contributed by atoms with Gasteiger partial charge < -0.3 is 10.4 Å². The largest absolute Gasteiger partial charge is 0.481 e. The van der Waals surface area contributed by atoms with Crippen molar-refractivity contribution in [1.29, 1.82) is 0 Å². The molecule has 0 saturated heterocycles. The first-order valence-electron chi connectivity index (χ1n) is 7.36. The van der Waals surface area contributed by atoms with Gasteiger partial charge >= 0.3 is 5.97 Å². The molecule has 2 aliphatic carbocycles. The van der Waals surface area contributed by atoms with Gasteiger partial charge in [-0.05, 0) is 30.6 Å². The van der Waals surface area contributed by atoms with Gasteiger partial charge in [-0.2, -0.15) is 0 Å². The van der Waals surface area contributed by atoms with Crippen molar-refractivity contribution < 1.29 is 14.7 Å². The van der Waals surface area contributed by atoms with E-state index in [2.05, 4.69) is 19.2 Å². The maximum atomic E-state index is 12.0. The molecule has 0 spiro atoms. The minimum Gasteiger partial charge on any atom is -0.481 e. The second-order valence-electron chi connectivity index (χ2n) is 7.02. The summed E-state index contributed by atoms with van der Waals surface area (Å²) in [6, 6.07) is 0. The lowest BCUT2D eigenvalue weighted by Crippen LogP contribution is -2.39. The van der Waals surface area contributed by atoms with Crippen molar-refractivity contribution in [3.63, 3.8) is 0 Å². The number of amides is 1. The first kappa shape index (κ1) is 14.4. The summed E-state index contributed by atoms with van der Waals surface area (Å²) in [5.41, 5.74) is -0.454. The summed E-state index contributed by atoms with van der Waals surface area (Å²) in [5, 5.41) is 12.4. The lowest BCUT2D eigenvalue weighted by atomic mass is 9.71. The Morgan fingerprint density at radius 2 is 1.79 bits per heavy atom. The fraction of sp³-hybridized carbons (Fsp3) is 0.867. The third kappa shape index (κ3) is 3.28. The van der Waals surface area contributed by atoms with Crippen LogP contribution in [0.4, 0.5) is 0 Å². The van der Waals surface area contributed by atoms with Gasteiger partial charge in [0.2, 0.25) is 5.91 Å². The summed E-state index contributed by atoms with van der Waals surface area (Å²) in [7, 11) is 0. The van der Waals surface area contributed by atoms with Crippen LogP contribution in [0.25, 0.3) is 0 Å². The van der Waals surface area contributed by atoms with E-state index >= 15 is 0 Å². The van der Waals surface area contributed by atoms with Crippen LogP contribution in [0.1, 0.15) is 58.8 Å². The van der Waals surface area contributed by atoms with Gasteiger partial charge in [0.05, 0.1) is 5.41 Å². The number of aliphatic carboxylic acids is 1. The van der Waals surface area contributed by atoms with Gasteiger partial charge in [-0.3, -0.25) is 9.59 Å². The Morgan fingerprint density at radius 3 is 2.26 bits per heavy atom. The molecular weight excluding hydrogens is 242 g/mol. The zero-order chi connectivity index (χ0) is 14.1. The first-order chi connectivity index (χ1) is 8.86. The number of nitrogens with one attached hydrogen (secondary N) is 1. The average molecular weight is 267 g/mol. The van der Waals surface area contributed by atoms with Crippen LogP contribution >= 0.6 is 0 Å². The summed E-state index contributed by atoms with van der Waals surface area (Å²) in [5.74, 6) is -0.329. The minimum atomic E-state index is -0.804. The molecule has 2 fully saturated rings. The van der Waals surface area contributed by atoms with Crippen molar-refractivity contribution in [1.82, 2.24) is 5.32 Å². The third-order valence-electron chi connectivity index (χ3n) is 5.03. The summed E-state index contributed by atoms with van der Waals surface area (Å²) >= 11 is 0. The quantitative estimate of drug-likeness (QED) is 0.804. The van der Waals surface area contributed by atoms with Crippen molar-refractivity contribution in [2.75, 3.05) is 6.54 Å². The molecular formula is C15H25NO3. The van der Waals surface area contributed by atoms with Crippen LogP contribution in [0.3, 0.4) is 0 Å². The molecule has 1 atom stereocenters. The molecule has 0 aliphatic heterocycles. The number of rotatable bonds is 5. The standard InChI is InChI=1S/C15H25NO3/c1-14(2)8-11(14)10-16-12(17)9-15(13(18)19)6-4-3-5-7-15/h11H,3-10H2,1-2H3,(H,16,17)(H,18,19). The molecule has 0 aromatic rings. The second-order valence-corrected chi connectivity index (χ2v) is 7.02. The van der Waals surface area contributed by atoms with E-state index in [-0.39, 0.29) is 12.3 Å². The number of carbonyl (C=O) groups excluding carboxylic acids is 1. The summed E-state index contributed by atoms with van der Waals surface area (Å²) in [4.78, 5) is 23.5. The predicted molar refractivity (Wildman–Crippen MR) is 72.7 cm³/mol. The van der Waals surface area contributed by atoms with Crippen LogP contribution < -0.4 is 5.32 Å². The molecule has 108 valence electrons. The molecule has 0 heterocycles. The Morgan fingerprint density at radius 1 is 1.21 bits per heavy atom. The molecule has 1 amide bonds. The van der Waals surface area contributed by atoms with Crippen LogP contribution in [0.5, 0.6) is 0 Å². The summed E-state index contributed by atoms with van der Waals surface area (Å²) in [6.07, 6.45) is 5.53. The van der Waals surface area contributed by atoms with Crippen molar-refractivity contribution in [2.24, 2.45) is 16.7 Å². The monoisotopic (exact) mass is 267 g/mol. The molecule has 2 rings (SSSR count). The molecule has 19 heavy (non-hydrogen) atoms. The number of carbonyl (C=O) groups is 2. The van der Waals surface area contributed by atoms with Crippen LogP contribution in [-0.4, -0.2) is 23.5 Å². The normalized spacial score (nSPS) is 27.6. The van der Waals surface area contributed by atoms with Crippen LogP contribution in [0, 0.1) is 16.7 Å². The molecule has 2 saturated carbocycles. The van der Waals surface area contributed by atoms with Crippen LogP contribution in [-0.2, 0) is 9.59 Å². The Bertz CT molecular complexity index is 370. The maximum absolute atomic E-state index is 12.0. The minimum absolute atomic E-state index is 0.0907. The zero-order valence-electron chi connectivity index (χ0n) is 12.0. The first-order valence-corrected chi connectivity index (χ1v) is 7.36. The lowest BCUT2D eigenvalue weighted by molar-refractivity contribution is -0.154. The zero-order valence-corrected chi connectivity index (χ0v) is 12.0. The van der Waals surface area contributed by atoms with Crippen molar-refractivity contribution >= 4 is 11.9 Å². The van der Waals surface area contributed by atoms with Crippen molar-refractivity contribution in [3.8, 4) is 0 Å². The van der Waals surface area contributed by atoms with E-state index in [0.29, 0.717) is 30.7 Å². The third-order valence-corrected chi connectivity index (χ3v) is 5.03. The van der Waals surface area contributed by atoms with Gasteiger partial charge in [-0.25, -0.2) is 0 Å². The fourth-order valence-electron chi connectivity index (χ4n) is 3.23. The summed E-state index contributed by atoms with van der Waals surface area (Å²) < 4.78 is 0. The van der Waals surface area contributed by atoms with E-state index in [1.165, 1.54) is 0 Å². The maximum Gasteiger partial charge on any atom is 0.310 e. The van der Waals surface area contributed by atoms with E-state index < -0.39 is 11.4 Å². The molecule has 0 radical (unpaired) electrons. The molecule has 0 aromatic carbocycles. The SMILES string of the molecule is CC1(C)CC1CNC(=O)CC1(C(=O)O)CCCCC1. The highest BCUT2D eigenvalue weighted by Crippen LogP contribution is 2.51. The highest BCUT2D eigenvalue weighted by Gasteiger charge is 2.46. The lowest BCUT2D eigenvalue weighted by Gasteiger charge is -2.32. The average Bonchev–Trinajstić information content (AvgIpc) is 2.95. The van der Waals surface area contributed by atoms with E-state index in [1.807, 2.05) is 0 Å². The molecule has 4 nitrogen and oxygen atoms in total. The molecule has 1 unspecified atom stereocenters. The van der Waals surface area contributed by atoms with E-state index in [4.69, 9.17) is 0 Å². The van der Waals surface area contributed by atoms with Gasteiger partial charge in [-0.15, -0.1) is 0 Å². The molecule has 2 N–H and O–H groups in total. The van der Waals surface area contributed by atoms with E-state index in [1.54, 1.807) is 0 Å². The Balaban J connectivity index is 1.83. The van der Waals surface area contributed by atoms with Crippen LogP contribution in [0.15, 0.2) is 0 Å². The van der Waals surface area contributed by atoms with Crippen molar-refractivity contribution in [2.45, 2.75) is 58.8 Å². The number of carboxylic acids is 1. The molecule has 0 bridgehead atoms. The van der Waals surface area contributed by atoms with Gasteiger partial charge in [0.15, 0.2) is 0 Å². The topological polar surface area (TPSA) is 66.4 Å². The van der Waals surface area contributed by atoms with E-state index in [0.717, 1.165) is 25.7 Å². The summed E-state index contributed by atoms with van der Waals surface area (Å²) in [6.45, 7) is 5.09.